The topological polar surface area (TPSA) is 65.5 Å². The summed E-state index contributed by atoms with van der Waals surface area (Å²) < 4.78 is 11.3. The molecule has 0 amide bonds. The summed E-state index contributed by atoms with van der Waals surface area (Å²) in [5.41, 5.74) is 8.82. The van der Waals surface area contributed by atoms with Crippen molar-refractivity contribution in [3.05, 3.63) is 39.2 Å². The number of hydrogen-bond donors (Lipinski definition) is 1. The van der Waals surface area contributed by atoms with Crippen LogP contribution in [-0.4, -0.2) is 12.6 Å². The van der Waals surface area contributed by atoms with Crippen LogP contribution < -0.4 is 16.1 Å². The lowest BCUT2D eigenvalue weighted by Crippen LogP contribution is -2.28. The largest absolute Gasteiger partial charge is 0.493 e. The minimum absolute atomic E-state index is 0. The maximum absolute atomic E-state index is 11.9. The fraction of sp³-hybridized carbons (Fsp3) is 0.500. The Morgan fingerprint density at radius 2 is 1.78 bits per heavy atom. The molecule has 0 aliphatic rings. The second-order valence-corrected chi connectivity index (χ2v) is 6.25. The van der Waals surface area contributed by atoms with Gasteiger partial charge in [-0.05, 0) is 50.8 Å². The Kier molecular flexibility index (Phi) is 6.66. The zero-order valence-electron chi connectivity index (χ0n) is 14.4. The molecule has 0 bridgehead atoms. The molecule has 0 aliphatic carbocycles. The van der Waals surface area contributed by atoms with Crippen LogP contribution in [0.15, 0.2) is 21.3 Å². The Morgan fingerprint density at radius 3 is 2.39 bits per heavy atom. The molecule has 1 aromatic heterocycles. The fourth-order valence-corrected chi connectivity index (χ4v) is 2.42. The molecule has 128 valence electrons. The molecule has 0 spiro atoms. The maximum atomic E-state index is 11.9. The number of fused-ring (bicyclic) bond motifs is 1. The quantitative estimate of drug-likeness (QED) is 0.839. The third kappa shape index (κ3) is 4.06. The van der Waals surface area contributed by atoms with E-state index in [9.17, 15) is 4.79 Å². The second-order valence-electron chi connectivity index (χ2n) is 6.25. The summed E-state index contributed by atoms with van der Waals surface area (Å²) in [5.74, 6) is 1.18. The van der Waals surface area contributed by atoms with Gasteiger partial charge in [0.05, 0.1) is 6.61 Å². The monoisotopic (exact) mass is 339 g/mol. The molecular formula is C18H26ClNO3. The van der Waals surface area contributed by atoms with Crippen LogP contribution in [0.5, 0.6) is 5.75 Å². The summed E-state index contributed by atoms with van der Waals surface area (Å²) >= 11 is 0. The third-order valence-corrected chi connectivity index (χ3v) is 4.39. The first kappa shape index (κ1) is 19.5. The lowest BCUT2D eigenvalue weighted by Gasteiger charge is -2.17. The van der Waals surface area contributed by atoms with Gasteiger partial charge in [-0.1, -0.05) is 13.8 Å². The molecule has 5 heteroatoms. The number of ether oxygens (including phenoxy) is 1. The number of benzene rings is 1. The Hall–Kier alpha value is -1.52. The van der Waals surface area contributed by atoms with Gasteiger partial charge in [0.25, 0.3) is 0 Å². The van der Waals surface area contributed by atoms with E-state index in [1.807, 2.05) is 26.0 Å². The zero-order valence-corrected chi connectivity index (χ0v) is 15.3. The predicted molar refractivity (Wildman–Crippen MR) is 96.9 cm³/mol. The second kappa shape index (κ2) is 7.84. The molecule has 0 radical (unpaired) electrons. The Bertz CT molecular complexity index is 737. The highest BCUT2D eigenvalue weighted by molar-refractivity contribution is 5.85. The summed E-state index contributed by atoms with van der Waals surface area (Å²) in [7, 11) is 0. The van der Waals surface area contributed by atoms with Gasteiger partial charge in [0.2, 0.25) is 0 Å². The van der Waals surface area contributed by atoms with Gasteiger partial charge in [0, 0.05) is 22.6 Å². The average Bonchev–Trinajstić information content (AvgIpc) is 2.47. The molecule has 2 rings (SSSR count). The first-order valence-electron chi connectivity index (χ1n) is 7.75. The van der Waals surface area contributed by atoms with Crippen molar-refractivity contribution < 1.29 is 9.15 Å². The van der Waals surface area contributed by atoms with Crippen LogP contribution in [0.25, 0.3) is 11.0 Å². The Balaban J connectivity index is 0.00000264. The van der Waals surface area contributed by atoms with E-state index >= 15 is 0 Å². The number of hydrogen-bond acceptors (Lipinski definition) is 4. The molecule has 1 aromatic carbocycles. The molecule has 4 nitrogen and oxygen atoms in total. The predicted octanol–water partition coefficient (Wildman–Crippen LogP) is 3.89. The smallest absolute Gasteiger partial charge is 0.339 e. The van der Waals surface area contributed by atoms with Gasteiger partial charge in [-0.3, -0.25) is 0 Å². The highest BCUT2D eigenvalue weighted by Crippen LogP contribution is 2.29. The van der Waals surface area contributed by atoms with Crippen molar-refractivity contribution >= 4 is 23.4 Å². The molecule has 23 heavy (non-hydrogen) atoms. The lowest BCUT2D eigenvalue weighted by atomic mass is 10.0. The van der Waals surface area contributed by atoms with Crippen molar-refractivity contribution in [2.24, 2.45) is 11.7 Å². The average molecular weight is 340 g/mol. The van der Waals surface area contributed by atoms with Crippen molar-refractivity contribution in [2.45, 2.75) is 47.1 Å². The molecule has 0 unspecified atom stereocenters. The van der Waals surface area contributed by atoms with Crippen molar-refractivity contribution in [2.75, 3.05) is 6.61 Å². The molecule has 1 heterocycles. The van der Waals surface area contributed by atoms with E-state index in [2.05, 4.69) is 13.8 Å². The standard InChI is InChI=1S/C18H25NO3.ClH/c1-10(2)15(19)8-9-21-16-7-6-14-11(3)12(4)18(20)22-17(14)13(16)5;/h6-7,10,15H,8-9,19H2,1-5H3;1H/t15-;/m0./s1. The van der Waals surface area contributed by atoms with E-state index < -0.39 is 0 Å². The van der Waals surface area contributed by atoms with E-state index in [0.717, 1.165) is 28.7 Å². The van der Waals surface area contributed by atoms with Gasteiger partial charge < -0.3 is 14.9 Å². The van der Waals surface area contributed by atoms with Crippen LogP contribution in [0, 0.1) is 26.7 Å². The van der Waals surface area contributed by atoms with Gasteiger partial charge in [0.15, 0.2) is 0 Å². The molecule has 0 saturated heterocycles. The third-order valence-electron chi connectivity index (χ3n) is 4.39. The maximum Gasteiger partial charge on any atom is 0.339 e. The summed E-state index contributed by atoms with van der Waals surface area (Å²) in [6.45, 7) is 10.4. The van der Waals surface area contributed by atoms with Crippen LogP contribution in [0.2, 0.25) is 0 Å². The summed E-state index contributed by atoms with van der Waals surface area (Å²) in [4.78, 5) is 11.9. The van der Waals surface area contributed by atoms with Gasteiger partial charge in [0.1, 0.15) is 11.3 Å². The molecule has 0 aliphatic heterocycles. The normalized spacial score (nSPS) is 12.3. The number of nitrogens with two attached hydrogens (primary N) is 1. The molecular weight excluding hydrogens is 314 g/mol. The van der Waals surface area contributed by atoms with Crippen molar-refractivity contribution in [1.29, 1.82) is 0 Å². The lowest BCUT2D eigenvalue weighted by molar-refractivity contribution is 0.281. The van der Waals surface area contributed by atoms with E-state index in [0.29, 0.717) is 23.7 Å². The van der Waals surface area contributed by atoms with Crippen LogP contribution in [0.4, 0.5) is 0 Å². The molecule has 0 saturated carbocycles. The minimum Gasteiger partial charge on any atom is -0.493 e. The Labute approximate surface area is 143 Å². The van der Waals surface area contributed by atoms with E-state index in [4.69, 9.17) is 14.9 Å². The minimum atomic E-state index is -0.285. The summed E-state index contributed by atoms with van der Waals surface area (Å²) in [5, 5.41) is 0.959. The number of rotatable bonds is 5. The fourth-order valence-electron chi connectivity index (χ4n) is 2.42. The van der Waals surface area contributed by atoms with Crippen molar-refractivity contribution in [3.8, 4) is 5.75 Å². The number of halogens is 1. The van der Waals surface area contributed by atoms with Gasteiger partial charge >= 0.3 is 5.63 Å². The van der Waals surface area contributed by atoms with Gasteiger partial charge in [-0.15, -0.1) is 12.4 Å². The van der Waals surface area contributed by atoms with Crippen molar-refractivity contribution in [3.63, 3.8) is 0 Å². The van der Waals surface area contributed by atoms with Gasteiger partial charge in [-0.25, -0.2) is 4.79 Å². The zero-order chi connectivity index (χ0) is 16.4. The first-order valence-corrected chi connectivity index (χ1v) is 7.75. The summed E-state index contributed by atoms with van der Waals surface area (Å²) in [6.07, 6.45) is 0.798. The van der Waals surface area contributed by atoms with Crippen LogP contribution in [0.1, 0.15) is 37.0 Å². The Morgan fingerprint density at radius 1 is 1.13 bits per heavy atom. The van der Waals surface area contributed by atoms with Crippen LogP contribution in [0.3, 0.4) is 0 Å². The summed E-state index contributed by atoms with van der Waals surface area (Å²) in [6, 6.07) is 4.01. The van der Waals surface area contributed by atoms with E-state index in [1.54, 1.807) is 6.92 Å². The van der Waals surface area contributed by atoms with E-state index in [1.165, 1.54) is 0 Å². The molecule has 0 fully saturated rings. The number of aryl methyl sites for hydroxylation is 2. The van der Waals surface area contributed by atoms with Gasteiger partial charge in [-0.2, -0.15) is 0 Å². The molecule has 2 aromatic rings. The first-order chi connectivity index (χ1) is 10.3. The highest BCUT2D eigenvalue weighted by atomic mass is 35.5. The highest BCUT2D eigenvalue weighted by Gasteiger charge is 2.13. The van der Waals surface area contributed by atoms with E-state index in [-0.39, 0.29) is 24.1 Å². The molecule has 1 atom stereocenters. The molecule has 2 N–H and O–H groups in total. The van der Waals surface area contributed by atoms with Crippen LogP contribution >= 0.6 is 12.4 Å². The SMILES string of the molecule is Cc1c(C)c2ccc(OCC[C@H](N)C(C)C)c(C)c2oc1=O.Cl. The van der Waals surface area contributed by atoms with Crippen molar-refractivity contribution in [1.82, 2.24) is 0 Å². The van der Waals surface area contributed by atoms with Crippen LogP contribution in [-0.2, 0) is 0 Å².